The molecular weight excluding hydrogens is 320 g/mol. The largest absolute Gasteiger partial charge is 0.486 e. The number of nitrogens with zero attached hydrogens (tertiary/aromatic N) is 1. The molecule has 1 aliphatic heterocycles. The Morgan fingerprint density at radius 3 is 2.80 bits per heavy atom. The molecule has 25 heavy (non-hydrogen) atoms. The summed E-state index contributed by atoms with van der Waals surface area (Å²) in [5.41, 5.74) is 2.04. The molecule has 1 fully saturated rings. The van der Waals surface area contributed by atoms with Gasteiger partial charge < -0.3 is 19.3 Å². The van der Waals surface area contributed by atoms with Crippen molar-refractivity contribution in [2.45, 2.75) is 38.6 Å². The lowest BCUT2D eigenvalue weighted by Crippen LogP contribution is -2.24. The fraction of sp³-hybridized carbons (Fsp3) is 0.474. The van der Waals surface area contributed by atoms with Gasteiger partial charge >= 0.3 is 0 Å². The number of amides is 1. The van der Waals surface area contributed by atoms with Gasteiger partial charge in [-0.3, -0.25) is 4.79 Å². The van der Waals surface area contributed by atoms with Gasteiger partial charge in [0.15, 0.2) is 17.3 Å². The minimum atomic E-state index is 0.00931. The van der Waals surface area contributed by atoms with E-state index in [1.807, 2.05) is 24.3 Å². The zero-order valence-corrected chi connectivity index (χ0v) is 14.5. The van der Waals surface area contributed by atoms with Crippen molar-refractivity contribution in [1.82, 2.24) is 10.5 Å². The Labute approximate surface area is 146 Å². The number of fused-ring (bicyclic) bond motifs is 1. The highest BCUT2D eigenvalue weighted by atomic mass is 16.6. The fourth-order valence-electron chi connectivity index (χ4n) is 3.13. The summed E-state index contributed by atoms with van der Waals surface area (Å²) in [6.45, 7) is 5.65. The average molecular weight is 342 g/mol. The molecule has 4 rings (SSSR count). The first kappa shape index (κ1) is 16.0. The van der Waals surface area contributed by atoms with Gasteiger partial charge in [0.2, 0.25) is 5.91 Å². The molecular formula is C19H22N2O4. The highest BCUT2D eigenvalue weighted by molar-refractivity contribution is 5.82. The highest BCUT2D eigenvalue weighted by Gasteiger charge is 2.44. The van der Waals surface area contributed by atoms with E-state index in [0.717, 1.165) is 29.2 Å². The third-order valence-corrected chi connectivity index (χ3v) is 4.73. The van der Waals surface area contributed by atoms with E-state index in [4.69, 9.17) is 14.0 Å². The van der Waals surface area contributed by atoms with Crippen LogP contribution in [-0.4, -0.2) is 24.3 Å². The highest BCUT2D eigenvalue weighted by Crippen LogP contribution is 2.49. The molecule has 1 aliphatic carbocycles. The van der Waals surface area contributed by atoms with Crippen LogP contribution in [-0.2, 0) is 11.3 Å². The van der Waals surface area contributed by atoms with Crippen LogP contribution in [0.5, 0.6) is 11.5 Å². The zero-order chi connectivity index (χ0) is 17.4. The molecule has 2 aliphatic rings. The van der Waals surface area contributed by atoms with Gasteiger partial charge in [0.25, 0.3) is 0 Å². The van der Waals surface area contributed by atoms with E-state index >= 15 is 0 Å². The molecule has 1 aromatic carbocycles. The van der Waals surface area contributed by atoms with Crippen LogP contribution in [0, 0.1) is 5.92 Å². The molecule has 1 saturated carbocycles. The van der Waals surface area contributed by atoms with Gasteiger partial charge in [-0.1, -0.05) is 25.1 Å². The summed E-state index contributed by atoms with van der Waals surface area (Å²) < 4.78 is 16.4. The lowest BCUT2D eigenvalue weighted by molar-refractivity contribution is -0.122. The van der Waals surface area contributed by atoms with Crippen LogP contribution in [0.25, 0.3) is 0 Å². The van der Waals surface area contributed by atoms with Crippen molar-refractivity contribution in [3.63, 3.8) is 0 Å². The van der Waals surface area contributed by atoms with E-state index in [1.165, 1.54) is 0 Å². The Balaban J connectivity index is 1.33. The van der Waals surface area contributed by atoms with Crippen LogP contribution in [0.2, 0.25) is 0 Å². The molecule has 0 radical (unpaired) electrons. The summed E-state index contributed by atoms with van der Waals surface area (Å²) in [6.07, 6.45) is 0.860. The van der Waals surface area contributed by atoms with E-state index in [0.29, 0.717) is 31.4 Å². The van der Waals surface area contributed by atoms with Crippen LogP contribution in [0.4, 0.5) is 0 Å². The van der Waals surface area contributed by atoms with Gasteiger partial charge in [-0.2, -0.15) is 0 Å². The molecule has 1 amide bonds. The van der Waals surface area contributed by atoms with E-state index < -0.39 is 0 Å². The Kier molecular flexibility index (Phi) is 4.11. The molecule has 0 saturated heterocycles. The van der Waals surface area contributed by atoms with Crippen molar-refractivity contribution in [2.24, 2.45) is 5.92 Å². The number of carbonyl (C=O) groups excluding carboxylic acids is 1. The number of aromatic nitrogens is 1. The van der Waals surface area contributed by atoms with Crippen molar-refractivity contribution in [2.75, 3.05) is 13.2 Å². The number of nitrogens with one attached hydrogen (secondary N) is 1. The van der Waals surface area contributed by atoms with Crippen LogP contribution in [0.3, 0.4) is 0 Å². The number of hydrogen-bond donors (Lipinski definition) is 1. The monoisotopic (exact) mass is 342 g/mol. The molecule has 1 aromatic heterocycles. The van der Waals surface area contributed by atoms with E-state index in [2.05, 4.69) is 24.3 Å². The van der Waals surface area contributed by atoms with Crippen molar-refractivity contribution in [1.29, 1.82) is 0 Å². The first-order chi connectivity index (χ1) is 12.1. The van der Waals surface area contributed by atoms with Gasteiger partial charge in [-0.25, -0.2) is 0 Å². The SMILES string of the molecule is CC(C)c1cc(CNC(=O)[C@@H]2C[C@H]2c2ccc3c(c2)OCCO3)on1. The zero-order valence-electron chi connectivity index (χ0n) is 14.5. The Morgan fingerprint density at radius 1 is 1.24 bits per heavy atom. The normalized spacial score (nSPS) is 21.2. The second kappa shape index (κ2) is 6.43. The maximum absolute atomic E-state index is 12.4. The maximum Gasteiger partial charge on any atom is 0.224 e. The third kappa shape index (κ3) is 3.34. The molecule has 0 bridgehead atoms. The number of hydrogen-bond acceptors (Lipinski definition) is 5. The smallest absolute Gasteiger partial charge is 0.224 e. The Hall–Kier alpha value is -2.50. The van der Waals surface area contributed by atoms with Crippen LogP contribution >= 0.6 is 0 Å². The second-order valence-corrected chi connectivity index (χ2v) is 6.94. The number of ether oxygens (including phenoxy) is 2. The van der Waals surface area contributed by atoms with Crippen molar-refractivity contribution in [3.05, 3.63) is 41.3 Å². The minimum absolute atomic E-state index is 0.00931. The van der Waals surface area contributed by atoms with Gasteiger partial charge in [-0.05, 0) is 36.0 Å². The molecule has 1 N–H and O–H groups in total. The molecule has 132 valence electrons. The number of benzene rings is 1. The van der Waals surface area contributed by atoms with Crippen LogP contribution in [0.1, 0.15) is 49.1 Å². The topological polar surface area (TPSA) is 73.6 Å². The van der Waals surface area contributed by atoms with Crippen LogP contribution < -0.4 is 14.8 Å². The molecule has 2 aromatic rings. The standard InChI is InChI=1S/C19H22N2O4/c1-11(2)16-8-13(25-21-16)10-20-19(22)15-9-14(15)12-3-4-17-18(7-12)24-6-5-23-17/h3-4,7-8,11,14-15H,5-6,9-10H2,1-2H3,(H,20,22)/t14-,15+/m0/s1. The van der Waals surface area contributed by atoms with Gasteiger partial charge in [0, 0.05) is 12.0 Å². The van der Waals surface area contributed by atoms with Crippen LogP contribution in [0.15, 0.2) is 28.8 Å². The quantitative estimate of drug-likeness (QED) is 0.904. The number of rotatable bonds is 5. The first-order valence-electron chi connectivity index (χ1n) is 8.74. The third-order valence-electron chi connectivity index (χ3n) is 4.73. The van der Waals surface area contributed by atoms with Gasteiger partial charge in [0.1, 0.15) is 13.2 Å². The fourth-order valence-corrected chi connectivity index (χ4v) is 3.13. The summed E-state index contributed by atoms with van der Waals surface area (Å²) in [5.74, 6) is 2.87. The number of carbonyl (C=O) groups is 1. The molecule has 0 spiro atoms. The lowest BCUT2D eigenvalue weighted by Gasteiger charge is -2.18. The second-order valence-electron chi connectivity index (χ2n) is 6.94. The Morgan fingerprint density at radius 2 is 2.04 bits per heavy atom. The lowest BCUT2D eigenvalue weighted by atomic mass is 10.1. The average Bonchev–Trinajstić information content (AvgIpc) is 3.28. The van der Waals surface area contributed by atoms with E-state index in [-0.39, 0.29) is 17.7 Å². The van der Waals surface area contributed by atoms with Gasteiger partial charge in [-0.15, -0.1) is 0 Å². The molecule has 2 heterocycles. The summed E-state index contributed by atoms with van der Waals surface area (Å²) in [7, 11) is 0. The molecule has 0 unspecified atom stereocenters. The summed E-state index contributed by atoms with van der Waals surface area (Å²) in [4.78, 5) is 12.4. The van der Waals surface area contributed by atoms with Crippen molar-refractivity contribution in [3.8, 4) is 11.5 Å². The molecule has 2 atom stereocenters. The Bertz CT molecular complexity index is 783. The molecule has 6 heteroatoms. The maximum atomic E-state index is 12.4. The van der Waals surface area contributed by atoms with E-state index in [1.54, 1.807) is 0 Å². The minimum Gasteiger partial charge on any atom is -0.486 e. The van der Waals surface area contributed by atoms with E-state index in [9.17, 15) is 4.79 Å². The van der Waals surface area contributed by atoms with Crippen molar-refractivity contribution >= 4 is 5.91 Å². The first-order valence-corrected chi connectivity index (χ1v) is 8.74. The summed E-state index contributed by atoms with van der Waals surface area (Å²) in [6, 6.07) is 7.85. The molecule has 6 nitrogen and oxygen atoms in total. The predicted octanol–water partition coefficient (Wildman–Crippen LogP) is 2.99. The van der Waals surface area contributed by atoms with Gasteiger partial charge in [0.05, 0.1) is 12.2 Å². The summed E-state index contributed by atoms with van der Waals surface area (Å²) >= 11 is 0. The van der Waals surface area contributed by atoms with Crippen molar-refractivity contribution < 1.29 is 18.8 Å². The predicted molar refractivity (Wildman–Crippen MR) is 90.7 cm³/mol. The summed E-state index contributed by atoms with van der Waals surface area (Å²) in [5, 5.41) is 6.95.